The first-order valence-corrected chi connectivity index (χ1v) is 19.8. The molecule has 2 aliphatic rings. The van der Waals surface area contributed by atoms with Gasteiger partial charge in [-0.1, -0.05) is 83.9 Å². The Balaban J connectivity index is 0.942. The van der Waals surface area contributed by atoms with Gasteiger partial charge in [0.1, 0.15) is 19.0 Å². The number of hydrogen-bond acceptors (Lipinski definition) is 8. The van der Waals surface area contributed by atoms with Gasteiger partial charge in [0.15, 0.2) is 17.6 Å². The molecular weight excluding hydrogens is 771 g/mol. The number of aliphatic hydroxyl groups excluding tert-OH is 1. The predicted octanol–water partition coefficient (Wildman–Crippen LogP) is 8.67. The van der Waals surface area contributed by atoms with E-state index in [0.29, 0.717) is 72.0 Å². The van der Waals surface area contributed by atoms with Crippen molar-refractivity contribution in [2.45, 2.75) is 50.7 Å². The Labute approximate surface area is 347 Å². The van der Waals surface area contributed by atoms with Crippen molar-refractivity contribution in [1.29, 1.82) is 5.26 Å². The molecule has 6 aromatic rings. The molecule has 58 heavy (non-hydrogen) atoms. The number of amides is 1. The van der Waals surface area contributed by atoms with Crippen LogP contribution in [0.15, 0.2) is 128 Å². The minimum absolute atomic E-state index is 0.158. The number of hydrogen-bond donors (Lipinski definition) is 2. The zero-order valence-electron chi connectivity index (χ0n) is 31.5. The van der Waals surface area contributed by atoms with E-state index >= 15 is 0 Å². The summed E-state index contributed by atoms with van der Waals surface area (Å²) in [6.07, 6.45) is 2.36. The van der Waals surface area contributed by atoms with E-state index < -0.39 is 12.1 Å². The fourth-order valence-corrected chi connectivity index (χ4v) is 7.70. The molecule has 1 amide bonds. The zero-order chi connectivity index (χ0) is 40.0. The predicted molar refractivity (Wildman–Crippen MR) is 223 cm³/mol. The van der Waals surface area contributed by atoms with Gasteiger partial charge in [-0.05, 0) is 112 Å². The third kappa shape index (κ3) is 9.12. The lowest BCUT2D eigenvalue weighted by atomic mass is 9.92. The van der Waals surface area contributed by atoms with Gasteiger partial charge in [-0.2, -0.15) is 5.26 Å². The Morgan fingerprint density at radius 2 is 1.64 bits per heavy atom. The minimum Gasteiger partial charge on any atom is -0.489 e. The van der Waals surface area contributed by atoms with Crippen LogP contribution in [0, 0.1) is 11.3 Å². The Morgan fingerprint density at radius 1 is 0.897 bits per heavy atom. The van der Waals surface area contributed by atoms with Crippen molar-refractivity contribution in [2.24, 2.45) is 0 Å². The highest BCUT2D eigenvalue weighted by Gasteiger charge is 2.35. The molecule has 8 rings (SSSR count). The maximum atomic E-state index is 14.1. The van der Waals surface area contributed by atoms with E-state index in [1.54, 1.807) is 30.5 Å². The third-order valence-corrected chi connectivity index (χ3v) is 11.3. The smallest absolute Gasteiger partial charge is 0.238 e. The Hall–Kier alpha value is -5.89. The van der Waals surface area contributed by atoms with Crippen LogP contribution in [0.2, 0.25) is 10.0 Å². The second-order valence-electron chi connectivity index (χ2n) is 14.5. The summed E-state index contributed by atoms with van der Waals surface area (Å²) < 4.78 is 18.8. The lowest BCUT2D eigenvalue weighted by Crippen LogP contribution is -2.53. The zero-order valence-corrected chi connectivity index (χ0v) is 33.0. The quantitative estimate of drug-likeness (QED) is 0.126. The first kappa shape index (κ1) is 39.0. The van der Waals surface area contributed by atoms with Gasteiger partial charge < -0.3 is 24.6 Å². The van der Waals surface area contributed by atoms with Crippen LogP contribution >= 0.6 is 23.2 Å². The number of rotatable bonds is 12. The van der Waals surface area contributed by atoms with E-state index in [1.165, 1.54) is 0 Å². The normalized spacial score (nSPS) is 16.4. The van der Waals surface area contributed by atoms with Crippen molar-refractivity contribution in [1.82, 2.24) is 15.2 Å². The molecule has 0 spiro atoms. The SMILES string of the molecule is N#Cc1ccc(-c2ccc(C[C@@H](CO)NC(=O)[C@@H]3Cc4cc5c(cc4CN3Cc3ccccn3)OC(c3ccc(OCc4ccc(Cl)c(Cl)c4)cc3)CO5)cc2)cc1. The van der Waals surface area contributed by atoms with E-state index in [-0.39, 0.29) is 18.6 Å². The number of carbonyl (C=O) groups excluding carboxylic acids is 1. The fraction of sp³-hybridized carbons (Fsp3) is 0.213. The molecule has 0 saturated heterocycles. The van der Waals surface area contributed by atoms with Crippen LogP contribution in [0.5, 0.6) is 17.2 Å². The van der Waals surface area contributed by atoms with Crippen LogP contribution in [0.1, 0.15) is 45.2 Å². The molecule has 11 heteroatoms. The fourth-order valence-electron chi connectivity index (χ4n) is 7.38. The van der Waals surface area contributed by atoms with Gasteiger partial charge in [-0.15, -0.1) is 0 Å². The lowest BCUT2D eigenvalue weighted by molar-refractivity contribution is -0.128. The van der Waals surface area contributed by atoms with Gasteiger partial charge >= 0.3 is 0 Å². The maximum absolute atomic E-state index is 14.1. The number of pyridine rings is 1. The molecule has 0 fully saturated rings. The lowest BCUT2D eigenvalue weighted by Gasteiger charge is -2.37. The van der Waals surface area contributed by atoms with Gasteiger partial charge in [0.2, 0.25) is 5.91 Å². The van der Waals surface area contributed by atoms with E-state index in [0.717, 1.165) is 44.6 Å². The second kappa shape index (κ2) is 17.7. The summed E-state index contributed by atoms with van der Waals surface area (Å²) in [5.74, 6) is 1.86. The van der Waals surface area contributed by atoms with Crippen molar-refractivity contribution in [3.63, 3.8) is 0 Å². The van der Waals surface area contributed by atoms with E-state index in [1.807, 2.05) is 97.1 Å². The molecular formula is C47H40Cl2N4O5. The van der Waals surface area contributed by atoms with Gasteiger partial charge in [-0.25, -0.2) is 0 Å². The summed E-state index contributed by atoms with van der Waals surface area (Å²) in [7, 11) is 0. The largest absolute Gasteiger partial charge is 0.489 e. The summed E-state index contributed by atoms with van der Waals surface area (Å²) in [5.41, 5.74) is 8.43. The molecule has 0 aliphatic carbocycles. The van der Waals surface area contributed by atoms with Crippen LogP contribution in [0.3, 0.4) is 0 Å². The Bertz CT molecular complexity index is 2420. The van der Waals surface area contributed by atoms with E-state index in [2.05, 4.69) is 21.3 Å². The molecule has 1 aromatic heterocycles. The average Bonchev–Trinajstić information content (AvgIpc) is 3.26. The molecule has 1 unspecified atom stereocenters. The van der Waals surface area contributed by atoms with Gasteiger partial charge in [0.05, 0.1) is 46.1 Å². The highest BCUT2D eigenvalue weighted by atomic mass is 35.5. The number of fused-ring (bicyclic) bond motifs is 2. The van der Waals surface area contributed by atoms with Gasteiger partial charge in [-0.3, -0.25) is 14.7 Å². The van der Waals surface area contributed by atoms with Crippen molar-refractivity contribution in [3.05, 3.63) is 177 Å². The molecule has 3 heterocycles. The minimum atomic E-state index is -0.505. The summed E-state index contributed by atoms with van der Waals surface area (Å²) in [4.78, 5) is 20.8. The maximum Gasteiger partial charge on any atom is 0.238 e. The average molecular weight is 812 g/mol. The highest BCUT2D eigenvalue weighted by molar-refractivity contribution is 6.42. The number of ether oxygens (including phenoxy) is 3. The summed E-state index contributed by atoms with van der Waals surface area (Å²) in [5, 5.41) is 23.7. The number of nitriles is 1. The molecule has 2 aliphatic heterocycles. The monoisotopic (exact) mass is 810 g/mol. The third-order valence-electron chi connectivity index (χ3n) is 10.5. The molecule has 2 N–H and O–H groups in total. The van der Waals surface area contributed by atoms with Crippen LogP contribution in [0.4, 0.5) is 0 Å². The number of carbonyl (C=O) groups is 1. The molecule has 0 radical (unpaired) electrons. The highest BCUT2D eigenvalue weighted by Crippen LogP contribution is 2.41. The summed E-state index contributed by atoms with van der Waals surface area (Å²) >= 11 is 12.2. The molecule has 0 saturated carbocycles. The number of benzene rings is 5. The van der Waals surface area contributed by atoms with Crippen molar-refractivity contribution >= 4 is 29.1 Å². The van der Waals surface area contributed by atoms with Gasteiger partial charge in [0.25, 0.3) is 0 Å². The van der Waals surface area contributed by atoms with Gasteiger partial charge in [0, 0.05) is 19.3 Å². The molecule has 9 nitrogen and oxygen atoms in total. The van der Waals surface area contributed by atoms with Crippen LogP contribution < -0.4 is 19.5 Å². The van der Waals surface area contributed by atoms with Crippen molar-refractivity contribution < 1.29 is 24.1 Å². The molecule has 3 atom stereocenters. The Kier molecular flexibility index (Phi) is 11.9. The Morgan fingerprint density at radius 3 is 2.34 bits per heavy atom. The second-order valence-corrected chi connectivity index (χ2v) is 15.3. The first-order chi connectivity index (χ1) is 28.3. The molecule has 292 valence electrons. The molecule has 0 bridgehead atoms. The topological polar surface area (TPSA) is 117 Å². The van der Waals surface area contributed by atoms with Crippen LogP contribution in [-0.4, -0.2) is 46.2 Å². The van der Waals surface area contributed by atoms with Crippen LogP contribution in [0.25, 0.3) is 11.1 Å². The number of aromatic nitrogens is 1. The van der Waals surface area contributed by atoms with E-state index in [4.69, 9.17) is 42.7 Å². The number of aliphatic hydroxyl groups is 1. The summed E-state index contributed by atoms with van der Waals surface area (Å²) in [6.45, 7) is 1.45. The molecule has 5 aromatic carbocycles. The summed E-state index contributed by atoms with van der Waals surface area (Å²) in [6, 6.07) is 39.7. The number of nitrogens with one attached hydrogen (secondary N) is 1. The van der Waals surface area contributed by atoms with Crippen molar-refractivity contribution in [2.75, 3.05) is 13.2 Å². The number of halogens is 2. The van der Waals surface area contributed by atoms with E-state index in [9.17, 15) is 9.90 Å². The first-order valence-electron chi connectivity index (χ1n) is 19.1. The van der Waals surface area contributed by atoms with Crippen LogP contribution in [-0.2, 0) is 37.3 Å². The van der Waals surface area contributed by atoms with Crippen molar-refractivity contribution in [3.8, 4) is 34.4 Å². The standard InChI is InChI=1S/C47H40Cl2N4O5/c48-41-17-8-32(20-42(41)49)28-56-40-15-13-35(14-16-40)46-29-57-44-22-36-21-43(53(25-37(36)23-45(44)58-46)26-38-3-1-2-18-51-38)47(55)52-39(27-54)19-30-4-9-33(10-5-30)34-11-6-31(24-50)7-12-34/h1-18,20,22-23,39,43,46,54H,19,21,25-29H2,(H,52,55)/t39-,43-,46?/m0/s1. The number of nitrogens with zero attached hydrogens (tertiary/aromatic N) is 3.